The summed E-state index contributed by atoms with van der Waals surface area (Å²) in [5.41, 5.74) is 7.24. The maximum atomic E-state index is 13.6. The van der Waals surface area contributed by atoms with Gasteiger partial charge in [0.05, 0.1) is 6.61 Å². The SMILES string of the molecule is CC(C)c1nc(C(C)C)c(CCc2ccccc2)c(-c2ccc(F)cc2)c1CO. The molecule has 0 radical (unpaired) electrons. The summed E-state index contributed by atoms with van der Waals surface area (Å²) in [5.74, 6) is 0.189. The molecule has 1 heterocycles. The molecule has 0 saturated heterocycles. The normalized spacial score (nSPS) is 11.4. The largest absolute Gasteiger partial charge is 0.392 e. The summed E-state index contributed by atoms with van der Waals surface area (Å²) in [6.07, 6.45) is 1.71. The minimum atomic E-state index is -0.257. The predicted octanol–water partition coefficient (Wildman–Crippen LogP) is 6.41. The smallest absolute Gasteiger partial charge is 0.123 e. The third-order valence-corrected chi connectivity index (χ3v) is 5.35. The van der Waals surface area contributed by atoms with Crippen LogP contribution in [0.3, 0.4) is 0 Å². The van der Waals surface area contributed by atoms with Gasteiger partial charge < -0.3 is 5.11 Å². The molecule has 0 aliphatic rings. The van der Waals surface area contributed by atoms with E-state index in [9.17, 15) is 9.50 Å². The zero-order valence-electron chi connectivity index (χ0n) is 17.7. The molecule has 2 aromatic carbocycles. The first kappa shape index (κ1) is 21.2. The molecule has 3 heteroatoms. The fourth-order valence-corrected chi connectivity index (χ4v) is 3.95. The monoisotopic (exact) mass is 391 g/mol. The Morgan fingerprint density at radius 2 is 1.38 bits per heavy atom. The van der Waals surface area contributed by atoms with Gasteiger partial charge in [-0.05, 0) is 59.1 Å². The van der Waals surface area contributed by atoms with Crippen LogP contribution in [0, 0.1) is 5.82 Å². The van der Waals surface area contributed by atoms with Gasteiger partial charge in [0.25, 0.3) is 0 Å². The molecule has 3 aromatic rings. The minimum absolute atomic E-state index is 0.0794. The number of halogens is 1. The van der Waals surface area contributed by atoms with E-state index in [4.69, 9.17) is 4.98 Å². The second kappa shape index (κ2) is 9.32. The van der Waals surface area contributed by atoms with Crippen molar-refractivity contribution in [3.63, 3.8) is 0 Å². The topological polar surface area (TPSA) is 33.1 Å². The first-order chi connectivity index (χ1) is 13.9. The Morgan fingerprint density at radius 1 is 0.793 bits per heavy atom. The van der Waals surface area contributed by atoms with Crippen LogP contribution < -0.4 is 0 Å². The number of aliphatic hydroxyl groups excluding tert-OH is 1. The summed E-state index contributed by atoms with van der Waals surface area (Å²) < 4.78 is 13.6. The van der Waals surface area contributed by atoms with Crippen molar-refractivity contribution >= 4 is 0 Å². The van der Waals surface area contributed by atoms with Crippen molar-refractivity contribution in [2.24, 2.45) is 0 Å². The van der Waals surface area contributed by atoms with Gasteiger partial charge in [-0.3, -0.25) is 4.98 Å². The van der Waals surface area contributed by atoms with Crippen molar-refractivity contribution in [2.75, 3.05) is 0 Å². The summed E-state index contributed by atoms with van der Waals surface area (Å²) in [5, 5.41) is 10.3. The molecule has 2 nitrogen and oxygen atoms in total. The molecular formula is C26H30FNO. The van der Waals surface area contributed by atoms with Crippen LogP contribution in [0.15, 0.2) is 54.6 Å². The molecule has 0 saturated carbocycles. The van der Waals surface area contributed by atoms with Gasteiger partial charge in [-0.15, -0.1) is 0 Å². The van der Waals surface area contributed by atoms with Gasteiger partial charge in [0.1, 0.15) is 5.82 Å². The maximum Gasteiger partial charge on any atom is 0.123 e. The van der Waals surface area contributed by atoms with Crippen molar-refractivity contribution in [1.82, 2.24) is 4.98 Å². The van der Waals surface area contributed by atoms with E-state index >= 15 is 0 Å². The highest BCUT2D eigenvalue weighted by molar-refractivity contribution is 5.73. The molecule has 29 heavy (non-hydrogen) atoms. The quantitative estimate of drug-likeness (QED) is 0.505. The van der Waals surface area contributed by atoms with E-state index in [2.05, 4.69) is 52.0 Å². The van der Waals surface area contributed by atoms with Crippen LogP contribution in [0.1, 0.15) is 67.6 Å². The van der Waals surface area contributed by atoms with Crippen molar-refractivity contribution in [3.05, 3.63) is 88.5 Å². The lowest BCUT2D eigenvalue weighted by molar-refractivity contribution is 0.279. The van der Waals surface area contributed by atoms with E-state index in [1.165, 1.54) is 17.7 Å². The molecule has 3 rings (SSSR count). The molecule has 0 spiro atoms. The molecule has 0 aliphatic heterocycles. The number of aliphatic hydroxyl groups is 1. The Bertz CT molecular complexity index is 947. The van der Waals surface area contributed by atoms with Crippen LogP contribution in [0.2, 0.25) is 0 Å². The van der Waals surface area contributed by atoms with Crippen LogP contribution in [0.5, 0.6) is 0 Å². The number of nitrogens with zero attached hydrogens (tertiary/aromatic N) is 1. The Labute approximate surface area is 173 Å². The highest BCUT2D eigenvalue weighted by atomic mass is 19.1. The number of hydrogen-bond acceptors (Lipinski definition) is 2. The molecule has 0 aliphatic carbocycles. The van der Waals surface area contributed by atoms with Gasteiger partial charge in [0.2, 0.25) is 0 Å². The lowest BCUT2D eigenvalue weighted by Gasteiger charge is -2.24. The molecular weight excluding hydrogens is 361 g/mol. The first-order valence-electron chi connectivity index (χ1n) is 10.4. The molecule has 0 atom stereocenters. The highest BCUT2D eigenvalue weighted by Crippen LogP contribution is 2.37. The van der Waals surface area contributed by atoms with Crippen LogP contribution in [0.4, 0.5) is 4.39 Å². The molecule has 1 aromatic heterocycles. The van der Waals surface area contributed by atoms with E-state index < -0.39 is 0 Å². The summed E-state index contributed by atoms with van der Waals surface area (Å²) in [6, 6.07) is 17.0. The van der Waals surface area contributed by atoms with E-state index in [1.807, 2.05) is 18.2 Å². The highest BCUT2D eigenvalue weighted by Gasteiger charge is 2.23. The van der Waals surface area contributed by atoms with Crippen LogP contribution in [-0.2, 0) is 19.4 Å². The number of rotatable bonds is 7. The number of aromatic nitrogens is 1. The fraction of sp³-hybridized carbons (Fsp3) is 0.346. The minimum Gasteiger partial charge on any atom is -0.392 e. The molecule has 0 unspecified atom stereocenters. The molecule has 152 valence electrons. The van der Waals surface area contributed by atoms with Gasteiger partial charge in [-0.25, -0.2) is 4.39 Å². The van der Waals surface area contributed by atoms with Crippen LogP contribution >= 0.6 is 0 Å². The lowest BCUT2D eigenvalue weighted by atomic mass is 9.85. The predicted molar refractivity (Wildman–Crippen MR) is 118 cm³/mol. The average molecular weight is 392 g/mol. The van der Waals surface area contributed by atoms with Crippen molar-refractivity contribution in [1.29, 1.82) is 0 Å². The Hall–Kier alpha value is -2.52. The van der Waals surface area contributed by atoms with Crippen molar-refractivity contribution in [3.8, 4) is 11.1 Å². The second-order valence-corrected chi connectivity index (χ2v) is 8.17. The van der Waals surface area contributed by atoms with E-state index in [0.29, 0.717) is 0 Å². The number of aryl methyl sites for hydroxylation is 1. The van der Waals surface area contributed by atoms with E-state index in [1.54, 1.807) is 0 Å². The van der Waals surface area contributed by atoms with Crippen LogP contribution in [0.25, 0.3) is 11.1 Å². The summed E-state index contributed by atoms with van der Waals surface area (Å²) in [6.45, 7) is 8.44. The summed E-state index contributed by atoms with van der Waals surface area (Å²) in [4.78, 5) is 5.02. The summed E-state index contributed by atoms with van der Waals surface area (Å²) in [7, 11) is 0. The van der Waals surface area contributed by atoms with Gasteiger partial charge in [0, 0.05) is 17.0 Å². The Morgan fingerprint density at radius 3 is 1.93 bits per heavy atom. The Kier molecular flexibility index (Phi) is 6.81. The van der Waals surface area contributed by atoms with Gasteiger partial charge in [-0.2, -0.15) is 0 Å². The lowest BCUT2D eigenvalue weighted by Crippen LogP contribution is -2.13. The van der Waals surface area contributed by atoms with E-state index in [0.717, 1.165) is 46.5 Å². The Balaban J connectivity index is 2.22. The molecule has 0 amide bonds. The molecule has 0 fully saturated rings. The first-order valence-corrected chi connectivity index (χ1v) is 10.4. The van der Waals surface area contributed by atoms with E-state index in [-0.39, 0.29) is 24.3 Å². The zero-order chi connectivity index (χ0) is 21.0. The maximum absolute atomic E-state index is 13.6. The number of benzene rings is 2. The molecule has 1 N–H and O–H groups in total. The standard InChI is InChI=1S/C26H30FNO/c1-17(2)25-22(15-10-19-8-6-5-7-9-19)24(20-11-13-21(27)14-12-20)23(16-29)26(28-25)18(3)4/h5-9,11-14,17-18,29H,10,15-16H2,1-4H3. The third-order valence-electron chi connectivity index (χ3n) is 5.35. The number of pyridine rings is 1. The fourth-order valence-electron chi connectivity index (χ4n) is 3.95. The van der Waals surface area contributed by atoms with Crippen molar-refractivity contribution < 1.29 is 9.50 Å². The average Bonchev–Trinajstić information content (AvgIpc) is 2.72. The summed E-state index contributed by atoms with van der Waals surface area (Å²) >= 11 is 0. The number of hydrogen-bond donors (Lipinski definition) is 1. The zero-order valence-corrected chi connectivity index (χ0v) is 17.7. The van der Waals surface area contributed by atoms with Gasteiger partial charge in [0.15, 0.2) is 0 Å². The van der Waals surface area contributed by atoms with Gasteiger partial charge >= 0.3 is 0 Å². The third kappa shape index (κ3) is 4.73. The second-order valence-electron chi connectivity index (χ2n) is 8.17. The van der Waals surface area contributed by atoms with Crippen molar-refractivity contribution in [2.45, 2.75) is 59.0 Å². The molecule has 0 bridgehead atoms. The van der Waals surface area contributed by atoms with Gasteiger partial charge in [-0.1, -0.05) is 70.2 Å². The van der Waals surface area contributed by atoms with Crippen LogP contribution in [-0.4, -0.2) is 10.1 Å².